The molecule has 0 atom stereocenters. The third-order valence-corrected chi connectivity index (χ3v) is 6.05. The highest BCUT2D eigenvalue weighted by Crippen LogP contribution is 2.30. The maximum atomic E-state index is 12.7. The van der Waals surface area contributed by atoms with Gasteiger partial charge in [-0.1, -0.05) is 60.7 Å². The second kappa shape index (κ2) is 11.0. The summed E-state index contributed by atoms with van der Waals surface area (Å²) in [5.41, 5.74) is 3.23. The number of hydrogen-bond acceptors (Lipinski definition) is 5. The number of anilines is 1. The number of carbonyl (C=O) groups excluding carboxylic acids is 1. The van der Waals surface area contributed by atoms with Gasteiger partial charge >= 0.3 is 0 Å². The predicted molar refractivity (Wildman–Crippen MR) is 131 cm³/mol. The van der Waals surface area contributed by atoms with E-state index in [9.17, 15) is 4.79 Å². The largest absolute Gasteiger partial charge is 0.497 e. The number of nitrogens with zero attached hydrogens (tertiary/aromatic N) is 2. The predicted octanol–water partition coefficient (Wildman–Crippen LogP) is 4.05. The molecule has 0 aromatic heterocycles. The van der Waals surface area contributed by atoms with Crippen LogP contribution in [0.4, 0.5) is 5.69 Å². The Morgan fingerprint density at radius 1 is 0.848 bits per heavy atom. The fourth-order valence-electron chi connectivity index (χ4n) is 4.36. The molecule has 1 amide bonds. The number of nitrogens with one attached hydrogen (secondary N) is 1. The van der Waals surface area contributed by atoms with Crippen LogP contribution in [0.1, 0.15) is 17.2 Å². The highest BCUT2D eigenvalue weighted by atomic mass is 16.5. The monoisotopic (exact) mass is 445 g/mol. The molecule has 1 fully saturated rings. The summed E-state index contributed by atoms with van der Waals surface area (Å²) in [6, 6.07) is 26.9. The fourth-order valence-corrected chi connectivity index (χ4v) is 4.36. The van der Waals surface area contributed by atoms with Crippen LogP contribution in [0.2, 0.25) is 0 Å². The van der Waals surface area contributed by atoms with Crippen molar-refractivity contribution >= 4 is 11.6 Å². The number of piperazine rings is 1. The summed E-state index contributed by atoms with van der Waals surface area (Å²) in [6.07, 6.45) is 0. The van der Waals surface area contributed by atoms with Gasteiger partial charge in [0.2, 0.25) is 5.91 Å². The van der Waals surface area contributed by atoms with Crippen LogP contribution in [0.3, 0.4) is 0 Å². The number of carbonyl (C=O) groups is 1. The molecule has 0 aliphatic carbocycles. The van der Waals surface area contributed by atoms with Gasteiger partial charge in [0, 0.05) is 32.2 Å². The van der Waals surface area contributed by atoms with E-state index in [1.54, 1.807) is 26.4 Å². The molecule has 0 unspecified atom stereocenters. The topological polar surface area (TPSA) is 54.0 Å². The standard InChI is InChI=1S/C27H31N3O3/c1-32-23-13-14-24(25(19-23)33-2)28-26(31)20-29-15-17-30(18-16-29)27(21-9-5-3-6-10-21)22-11-7-4-8-12-22/h3-14,19,27H,15-18,20H2,1-2H3,(H,28,31). The van der Waals surface area contributed by atoms with Gasteiger partial charge in [-0.3, -0.25) is 14.6 Å². The molecule has 0 spiro atoms. The van der Waals surface area contributed by atoms with Crippen LogP contribution < -0.4 is 14.8 Å². The molecule has 33 heavy (non-hydrogen) atoms. The minimum absolute atomic E-state index is 0.0467. The minimum Gasteiger partial charge on any atom is -0.497 e. The quantitative estimate of drug-likeness (QED) is 0.567. The second-order valence-corrected chi connectivity index (χ2v) is 8.15. The van der Waals surface area contributed by atoms with Crippen molar-refractivity contribution in [2.45, 2.75) is 6.04 Å². The molecule has 0 bridgehead atoms. The van der Waals surface area contributed by atoms with Crippen LogP contribution >= 0.6 is 0 Å². The summed E-state index contributed by atoms with van der Waals surface area (Å²) in [4.78, 5) is 17.4. The summed E-state index contributed by atoms with van der Waals surface area (Å²) in [7, 11) is 3.19. The van der Waals surface area contributed by atoms with Crippen LogP contribution in [-0.2, 0) is 4.79 Å². The maximum absolute atomic E-state index is 12.7. The van der Waals surface area contributed by atoms with E-state index in [1.165, 1.54) is 11.1 Å². The molecular weight excluding hydrogens is 414 g/mol. The number of benzene rings is 3. The van der Waals surface area contributed by atoms with E-state index in [1.807, 2.05) is 6.07 Å². The third kappa shape index (κ3) is 5.72. The van der Waals surface area contributed by atoms with Gasteiger partial charge in [-0.05, 0) is 23.3 Å². The maximum Gasteiger partial charge on any atom is 0.238 e. The lowest BCUT2D eigenvalue weighted by Gasteiger charge is -2.39. The molecular formula is C27H31N3O3. The van der Waals surface area contributed by atoms with Crippen molar-refractivity contribution < 1.29 is 14.3 Å². The number of rotatable bonds is 8. The van der Waals surface area contributed by atoms with Crippen molar-refractivity contribution in [3.05, 3.63) is 90.0 Å². The summed E-state index contributed by atoms with van der Waals surface area (Å²) < 4.78 is 10.6. The highest BCUT2D eigenvalue weighted by Gasteiger charge is 2.27. The zero-order valence-corrected chi connectivity index (χ0v) is 19.2. The molecule has 0 radical (unpaired) electrons. The van der Waals surface area contributed by atoms with Crippen molar-refractivity contribution in [2.75, 3.05) is 52.3 Å². The smallest absolute Gasteiger partial charge is 0.238 e. The lowest BCUT2D eigenvalue weighted by Crippen LogP contribution is -2.49. The van der Waals surface area contributed by atoms with Crippen LogP contribution in [0.15, 0.2) is 78.9 Å². The Hall–Kier alpha value is -3.35. The molecule has 6 heteroatoms. The molecule has 6 nitrogen and oxygen atoms in total. The van der Waals surface area contributed by atoms with Gasteiger partial charge < -0.3 is 14.8 Å². The number of amides is 1. The first-order valence-electron chi connectivity index (χ1n) is 11.3. The first-order chi connectivity index (χ1) is 16.2. The lowest BCUT2D eigenvalue weighted by atomic mass is 9.96. The third-order valence-electron chi connectivity index (χ3n) is 6.05. The van der Waals surface area contributed by atoms with E-state index >= 15 is 0 Å². The van der Waals surface area contributed by atoms with Gasteiger partial charge in [0.1, 0.15) is 11.5 Å². The van der Waals surface area contributed by atoms with E-state index in [4.69, 9.17) is 9.47 Å². The van der Waals surface area contributed by atoms with Crippen molar-refractivity contribution in [1.82, 2.24) is 9.80 Å². The minimum atomic E-state index is -0.0467. The van der Waals surface area contributed by atoms with E-state index in [-0.39, 0.29) is 11.9 Å². The van der Waals surface area contributed by atoms with Crippen LogP contribution in [0.5, 0.6) is 11.5 Å². The van der Waals surface area contributed by atoms with Crippen LogP contribution in [-0.4, -0.2) is 62.7 Å². The van der Waals surface area contributed by atoms with Gasteiger partial charge in [0.05, 0.1) is 32.5 Å². The molecule has 3 aromatic carbocycles. The SMILES string of the molecule is COc1ccc(NC(=O)CN2CCN(C(c3ccccc3)c3ccccc3)CC2)c(OC)c1. The molecule has 1 N–H and O–H groups in total. The lowest BCUT2D eigenvalue weighted by molar-refractivity contribution is -0.117. The van der Waals surface area contributed by atoms with Crippen molar-refractivity contribution in [3.63, 3.8) is 0 Å². The van der Waals surface area contributed by atoms with Crippen LogP contribution in [0.25, 0.3) is 0 Å². The molecule has 1 heterocycles. The zero-order chi connectivity index (χ0) is 23.0. The molecule has 1 aliphatic rings. The summed E-state index contributed by atoms with van der Waals surface area (Å²) >= 11 is 0. The van der Waals surface area contributed by atoms with E-state index in [0.29, 0.717) is 23.7 Å². The Morgan fingerprint density at radius 3 is 2.00 bits per heavy atom. The Kier molecular flexibility index (Phi) is 7.60. The first kappa shape index (κ1) is 22.8. The fraction of sp³-hybridized carbons (Fsp3) is 0.296. The molecule has 3 aromatic rings. The molecule has 172 valence electrons. The Bertz CT molecular complexity index is 995. The zero-order valence-electron chi connectivity index (χ0n) is 19.2. The number of ether oxygens (including phenoxy) is 2. The Balaban J connectivity index is 1.37. The molecule has 1 saturated heterocycles. The van der Waals surface area contributed by atoms with Gasteiger partial charge in [0.15, 0.2) is 0 Å². The van der Waals surface area contributed by atoms with Gasteiger partial charge in [-0.15, -0.1) is 0 Å². The van der Waals surface area contributed by atoms with Crippen molar-refractivity contribution in [2.24, 2.45) is 0 Å². The van der Waals surface area contributed by atoms with E-state index in [0.717, 1.165) is 26.2 Å². The summed E-state index contributed by atoms with van der Waals surface area (Å²) in [6.45, 7) is 3.82. The Morgan fingerprint density at radius 2 is 1.45 bits per heavy atom. The summed E-state index contributed by atoms with van der Waals surface area (Å²) in [5.74, 6) is 1.23. The van der Waals surface area contributed by atoms with Crippen molar-refractivity contribution in [1.29, 1.82) is 0 Å². The average molecular weight is 446 g/mol. The average Bonchev–Trinajstić information content (AvgIpc) is 2.87. The number of hydrogen-bond donors (Lipinski definition) is 1. The highest BCUT2D eigenvalue weighted by molar-refractivity contribution is 5.93. The normalized spacial score (nSPS) is 14.8. The molecule has 1 aliphatic heterocycles. The van der Waals surface area contributed by atoms with Gasteiger partial charge in [0.25, 0.3) is 0 Å². The van der Waals surface area contributed by atoms with Gasteiger partial charge in [-0.25, -0.2) is 0 Å². The summed E-state index contributed by atoms with van der Waals surface area (Å²) in [5, 5.41) is 2.97. The van der Waals surface area contributed by atoms with E-state index in [2.05, 4.69) is 75.8 Å². The second-order valence-electron chi connectivity index (χ2n) is 8.15. The molecule has 0 saturated carbocycles. The Labute approximate surface area is 195 Å². The van der Waals surface area contributed by atoms with Gasteiger partial charge in [-0.2, -0.15) is 0 Å². The van der Waals surface area contributed by atoms with Crippen molar-refractivity contribution in [3.8, 4) is 11.5 Å². The van der Waals surface area contributed by atoms with Crippen LogP contribution in [0, 0.1) is 0 Å². The van der Waals surface area contributed by atoms with E-state index < -0.39 is 0 Å². The number of methoxy groups -OCH3 is 2. The molecule has 4 rings (SSSR count). The first-order valence-corrected chi connectivity index (χ1v) is 11.3.